The Hall–Kier alpha value is -1.98. The molecule has 0 unspecified atom stereocenters. The van der Waals surface area contributed by atoms with Crippen LogP contribution in [0.5, 0.6) is 0 Å². The lowest BCUT2D eigenvalue weighted by molar-refractivity contribution is -0.138. The Kier molecular flexibility index (Phi) is 4.36. The molecule has 0 aromatic heterocycles. The van der Waals surface area contributed by atoms with Gasteiger partial charge in [-0.1, -0.05) is 12.1 Å². The molecule has 1 rings (SSSR count). The smallest absolute Gasteiger partial charge is 0.416 e. The summed E-state index contributed by atoms with van der Waals surface area (Å²) in [6.07, 6.45) is -3.36. The predicted molar refractivity (Wildman–Crippen MR) is 60.2 cm³/mol. The maximum absolute atomic E-state index is 12.3. The minimum Gasteiger partial charge on any atom is -0.463 e. The van der Waals surface area contributed by atoms with Gasteiger partial charge in [0, 0.05) is 11.8 Å². The lowest BCUT2D eigenvalue weighted by Crippen LogP contribution is -2.07. The molecular formula is C12H12F3NO2. The van der Waals surface area contributed by atoms with E-state index < -0.39 is 17.7 Å². The molecule has 6 heteroatoms. The average molecular weight is 259 g/mol. The lowest BCUT2D eigenvalue weighted by Gasteiger charge is -2.07. The number of halogens is 3. The highest BCUT2D eigenvalue weighted by Crippen LogP contribution is 2.29. The highest BCUT2D eigenvalue weighted by Gasteiger charge is 2.29. The first-order valence-corrected chi connectivity index (χ1v) is 5.16. The fraction of sp³-hybridized carbons (Fsp3) is 0.250. The van der Waals surface area contributed by atoms with Gasteiger partial charge in [0.15, 0.2) is 0 Å². The molecule has 0 atom stereocenters. The molecule has 0 saturated heterocycles. The largest absolute Gasteiger partial charge is 0.463 e. The maximum Gasteiger partial charge on any atom is 0.416 e. The van der Waals surface area contributed by atoms with Gasteiger partial charge in [0.2, 0.25) is 0 Å². The average Bonchev–Trinajstić information content (AvgIpc) is 2.28. The SMILES string of the molecule is CCOC(=O)/C=C(/N)c1ccc(C(F)(F)F)cc1. The van der Waals surface area contributed by atoms with E-state index in [1.807, 2.05) is 0 Å². The Labute approximate surface area is 102 Å². The van der Waals surface area contributed by atoms with Crippen LogP contribution in [0.1, 0.15) is 18.1 Å². The second-order valence-electron chi connectivity index (χ2n) is 3.43. The summed E-state index contributed by atoms with van der Waals surface area (Å²) in [5.74, 6) is -0.630. The van der Waals surface area contributed by atoms with Gasteiger partial charge in [-0.3, -0.25) is 0 Å². The topological polar surface area (TPSA) is 52.3 Å². The molecule has 18 heavy (non-hydrogen) atoms. The highest BCUT2D eigenvalue weighted by atomic mass is 19.4. The van der Waals surface area contributed by atoms with E-state index in [0.717, 1.165) is 18.2 Å². The fourth-order valence-corrected chi connectivity index (χ4v) is 1.25. The summed E-state index contributed by atoms with van der Waals surface area (Å²) in [6.45, 7) is 1.84. The van der Waals surface area contributed by atoms with Crippen LogP contribution in [0.25, 0.3) is 5.70 Å². The third kappa shape index (κ3) is 3.80. The first-order chi connectivity index (χ1) is 8.34. The van der Waals surface area contributed by atoms with Crippen LogP contribution in [-0.4, -0.2) is 12.6 Å². The number of alkyl halides is 3. The molecule has 0 spiro atoms. The van der Waals surface area contributed by atoms with E-state index in [1.165, 1.54) is 12.1 Å². The Bertz CT molecular complexity index is 449. The van der Waals surface area contributed by atoms with Crippen molar-refractivity contribution in [1.82, 2.24) is 0 Å². The zero-order chi connectivity index (χ0) is 13.8. The van der Waals surface area contributed by atoms with Gasteiger partial charge in [0.1, 0.15) is 0 Å². The standard InChI is InChI=1S/C12H12F3NO2/c1-2-18-11(17)7-10(16)8-3-5-9(6-4-8)12(13,14)15/h3-7H,2,16H2,1H3/b10-7+. The monoisotopic (exact) mass is 259 g/mol. The molecule has 0 saturated carbocycles. The lowest BCUT2D eigenvalue weighted by atomic mass is 10.1. The minimum atomic E-state index is -4.39. The first-order valence-electron chi connectivity index (χ1n) is 5.16. The normalized spacial score (nSPS) is 12.3. The van der Waals surface area contributed by atoms with Gasteiger partial charge in [-0.25, -0.2) is 4.79 Å². The highest BCUT2D eigenvalue weighted by molar-refractivity contribution is 5.90. The zero-order valence-corrected chi connectivity index (χ0v) is 9.62. The Balaban J connectivity index is 2.89. The van der Waals surface area contributed by atoms with Crippen LogP contribution in [0.15, 0.2) is 30.3 Å². The molecule has 1 aromatic carbocycles. The number of esters is 1. The molecule has 0 amide bonds. The van der Waals surface area contributed by atoms with Crippen molar-refractivity contribution in [2.75, 3.05) is 6.61 Å². The second kappa shape index (κ2) is 5.57. The van der Waals surface area contributed by atoms with Gasteiger partial charge >= 0.3 is 12.1 Å². The van der Waals surface area contributed by atoms with E-state index in [1.54, 1.807) is 6.92 Å². The molecule has 2 N–H and O–H groups in total. The molecule has 3 nitrogen and oxygen atoms in total. The summed E-state index contributed by atoms with van der Waals surface area (Å²) in [7, 11) is 0. The van der Waals surface area contributed by atoms with Gasteiger partial charge in [-0.15, -0.1) is 0 Å². The number of hydrogen-bond acceptors (Lipinski definition) is 3. The quantitative estimate of drug-likeness (QED) is 0.670. The molecule has 98 valence electrons. The zero-order valence-electron chi connectivity index (χ0n) is 9.62. The number of ether oxygens (including phenoxy) is 1. The Morgan fingerprint density at radius 2 is 1.89 bits per heavy atom. The van der Waals surface area contributed by atoms with Crippen molar-refractivity contribution in [3.05, 3.63) is 41.5 Å². The molecule has 0 bridgehead atoms. The molecule has 0 aliphatic carbocycles. The third-order valence-corrected chi connectivity index (χ3v) is 2.11. The van der Waals surface area contributed by atoms with Crippen molar-refractivity contribution >= 4 is 11.7 Å². The number of carbonyl (C=O) groups is 1. The van der Waals surface area contributed by atoms with E-state index in [-0.39, 0.29) is 12.3 Å². The minimum absolute atomic E-state index is 0.0576. The van der Waals surface area contributed by atoms with Gasteiger partial charge in [0.25, 0.3) is 0 Å². The Morgan fingerprint density at radius 3 is 2.33 bits per heavy atom. The number of benzene rings is 1. The maximum atomic E-state index is 12.3. The summed E-state index contributed by atoms with van der Waals surface area (Å²) in [6, 6.07) is 4.21. The fourth-order valence-electron chi connectivity index (χ4n) is 1.25. The van der Waals surface area contributed by atoms with Crippen LogP contribution in [0.4, 0.5) is 13.2 Å². The van der Waals surface area contributed by atoms with Gasteiger partial charge in [-0.05, 0) is 24.6 Å². The summed E-state index contributed by atoms with van der Waals surface area (Å²) in [5, 5.41) is 0. The van der Waals surface area contributed by atoms with E-state index in [0.29, 0.717) is 5.56 Å². The van der Waals surface area contributed by atoms with Crippen LogP contribution >= 0.6 is 0 Å². The second-order valence-corrected chi connectivity index (χ2v) is 3.43. The summed E-state index contributed by atoms with van der Waals surface area (Å²) < 4.78 is 41.6. The van der Waals surface area contributed by atoms with Crippen molar-refractivity contribution in [2.45, 2.75) is 13.1 Å². The van der Waals surface area contributed by atoms with Gasteiger partial charge in [-0.2, -0.15) is 13.2 Å². The number of carbonyl (C=O) groups excluding carboxylic acids is 1. The van der Waals surface area contributed by atoms with E-state index in [9.17, 15) is 18.0 Å². The van der Waals surface area contributed by atoms with E-state index in [4.69, 9.17) is 5.73 Å². The summed E-state index contributed by atoms with van der Waals surface area (Å²) >= 11 is 0. The van der Waals surface area contributed by atoms with Crippen molar-refractivity contribution in [1.29, 1.82) is 0 Å². The predicted octanol–water partition coefficient (Wildman–Crippen LogP) is 2.57. The van der Waals surface area contributed by atoms with Crippen LogP contribution in [-0.2, 0) is 15.7 Å². The Morgan fingerprint density at radius 1 is 1.33 bits per heavy atom. The molecule has 0 heterocycles. The number of rotatable bonds is 3. The molecule has 0 radical (unpaired) electrons. The molecule has 0 aliphatic rings. The molecule has 0 fully saturated rings. The van der Waals surface area contributed by atoms with Crippen LogP contribution in [0.2, 0.25) is 0 Å². The summed E-state index contributed by atoms with van der Waals surface area (Å²) in [4.78, 5) is 11.1. The van der Waals surface area contributed by atoms with Crippen molar-refractivity contribution in [3.8, 4) is 0 Å². The van der Waals surface area contributed by atoms with E-state index >= 15 is 0 Å². The van der Waals surface area contributed by atoms with Crippen molar-refractivity contribution in [2.24, 2.45) is 5.73 Å². The van der Waals surface area contributed by atoms with Gasteiger partial charge < -0.3 is 10.5 Å². The van der Waals surface area contributed by atoms with Crippen LogP contribution in [0, 0.1) is 0 Å². The van der Waals surface area contributed by atoms with E-state index in [2.05, 4.69) is 4.74 Å². The van der Waals surface area contributed by atoms with Crippen LogP contribution in [0.3, 0.4) is 0 Å². The molecule has 1 aromatic rings. The summed E-state index contributed by atoms with van der Waals surface area (Å²) in [5.41, 5.74) is 5.18. The van der Waals surface area contributed by atoms with Crippen molar-refractivity contribution < 1.29 is 22.7 Å². The number of hydrogen-bond donors (Lipinski definition) is 1. The molecular weight excluding hydrogens is 247 g/mol. The van der Waals surface area contributed by atoms with Crippen LogP contribution < -0.4 is 5.73 Å². The third-order valence-electron chi connectivity index (χ3n) is 2.11. The first kappa shape index (κ1) is 14.1. The molecule has 0 aliphatic heterocycles. The number of nitrogens with two attached hydrogens (primary N) is 1. The van der Waals surface area contributed by atoms with Gasteiger partial charge in [0.05, 0.1) is 12.2 Å². The van der Waals surface area contributed by atoms with Crippen molar-refractivity contribution in [3.63, 3.8) is 0 Å².